The highest BCUT2D eigenvalue weighted by molar-refractivity contribution is 5.91. The minimum Gasteiger partial charge on any atom is -0.480 e. The molecule has 0 aliphatic carbocycles. The Bertz CT molecular complexity index is 438. The third kappa shape index (κ3) is 17.9. The van der Waals surface area contributed by atoms with Crippen LogP contribution in [0.3, 0.4) is 0 Å². The van der Waals surface area contributed by atoms with Crippen LogP contribution in [0.4, 0.5) is 0 Å². The maximum absolute atomic E-state index is 12.4. The molecular weight excluding hydrogens is 470 g/mol. The second-order valence-electron chi connectivity index (χ2n) is 5.86. The van der Waals surface area contributed by atoms with Gasteiger partial charge >= 0.3 is 5.97 Å². The number of aliphatic carboxylic acids is 1. The van der Waals surface area contributed by atoms with E-state index >= 15 is 0 Å². The van der Waals surface area contributed by atoms with E-state index in [2.05, 4.69) is 10.6 Å². The minimum absolute atomic E-state index is 0. The van der Waals surface area contributed by atoms with Gasteiger partial charge in [0.1, 0.15) is 12.1 Å². The van der Waals surface area contributed by atoms with Gasteiger partial charge in [-0.1, -0.05) is 0 Å². The zero-order valence-corrected chi connectivity index (χ0v) is 19.5. The Morgan fingerprint density at radius 2 is 1.07 bits per heavy atom. The first kappa shape index (κ1) is 38.9. The zero-order valence-electron chi connectivity index (χ0n) is 16.2. The van der Waals surface area contributed by atoms with Gasteiger partial charge in [-0.05, 0) is 58.2 Å². The molecule has 0 saturated heterocycles. The van der Waals surface area contributed by atoms with Crippen LogP contribution in [-0.2, 0) is 14.4 Å². The number of amides is 2. The molecule has 0 aromatic heterocycles. The number of carboxylic acid groups (broad SMARTS) is 1. The molecule has 0 aromatic carbocycles. The van der Waals surface area contributed by atoms with Crippen LogP contribution < -0.4 is 33.6 Å². The average molecular weight is 506 g/mol. The summed E-state index contributed by atoms with van der Waals surface area (Å²) in [5.74, 6) is -2.19. The fourth-order valence-corrected chi connectivity index (χ4v) is 2.19. The number of nitrogens with two attached hydrogens (primary N) is 4. The number of hydrogen-bond acceptors (Lipinski definition) is 7. The minimum atomic E-state index is -1.15. The molecule has 0 heterocycles. The molecule has 3 atom stereocenters. The molecule has 178 valence electrons. The van der Waals surface area contributed by atoms with E-state index in [1.54, 1.807) is 0 Å². The van der Waals surface area contributed by atoms with E-state index in [0.717, 1.165) is 0 Å². The van der Waals surface area contributed by atoms with Crippen molar-refractivity contribution in [1.29, 1.82) is 0 Å². The van der Waals surface area contributed by atoms with Crippen LogP contribution in [0, 0.1) is 0 Å². The van der Waals surface area contributed by atoms with E-state index in [1.165, 1.54) is 0 Å². The first-order valence-electron chi connectivity index (χ1n) is 8.56. The maximum atomic E-state index is 12.4. The van der Waals surface area contributed by atoms with Gasteiger partial charge in [0.05, 0.1) is 6.04 Å². The molecule has 11 N–H and O–H groups in total. The zero-order chi connectivity index (χ0) is 19.2. The monoisotopic (exact) mass is 504 g/mol. The second-order valence-corrected chi connectivity index (χ2v) is 5.86. The van der Waals surface area contributed by atoms with Crippen LogP contribution in [0.15, 0.2) is 0 Å². The number of halogens is 4. The van der Waals surface area contributed by atoms with Gasteiger partial charge in [0.2, 0.25) is 11.8 Å². The second kappa shape index (κ2) is 23.7. The summed E-state index contributed by atoms with van der Waals surface area (Å²) in [5.41, 5.74) is 22.0. The first-order chi connectivity index (χ1) is 11.9. The summed E-state index contributed by atoms with van der Waals surface area (Å²) >= 11 is 0. The average Bonchev–Trinajstić information content (AvgIpc) is 2.59. The Hall–Kier alpha value is -0.590. The summed E-state index contributed by atoms with van der Waals surface area (Å²) in [6.07, 6.45) is 2.46. The lowest BCUT2D eigenvalue weighted by atomic mass is 10.1. The molecule has 14 heteroatoms. The van der Waals surface area contributed by atoms with Gasteiger partial charge in [-0.2, -0.15) is 0 Å². The van der Waals surface area contributed by atoms with Gasteiger partial charge in [-0.3, -0.25) is 9.59 Å². The van der Waals surface area contributed by atoms with Crippen LogP contribution in [0.25, 0.3) is 0 Å². The van der Waals surface area contributed by atoms with Gasteiger partial charge in [0, 0.05) is 0 Å². The van der Waals surface area contributed by atoms with Gasteiger partial charge in [-0.25, -0.2) is 4.79 Å². The van der Waals surface area contributed by atoms with Crippen LogP contribution in [0.1, 0.15) is 38.5 Å². The summed E-state index contributed by atoms with van der Waals surface area (Å²) < 4.78 is 0. The van der Waals surface area contributed by atoms with E-state index in [1.807, 2.05) is 0 Å². The number of carbonyl (C=O) groups excluding carboxylic acids is 2. The molecule has 0 fully saturated rings. The number of carbonyl (C=O) groups is 3. The predicted molar refractivity (Wildman–Crippen MR) is 123 cm³/mol. The first-order valence-corrected chi connectivity index (χ1v) is 8.56. The third-order valence-corrected chi connectivity index (χ3v) is 3.70. The largest absolute Gasteiger partial charge is 0.480 e. The van der Waals surface area contributed by atoms with Crippen molar-refractivity contribution in [2.24, 2.45) is 22.9 Å². The SMILES string of the molecule is Cl.Cl.Cl.Cl.NCCC[C@H](NC(=O)[C@H](CCCN)NC(=O)[C@@H](N)CCCN)C(=O)O. The summed E-state index contributed by atoms with van der Waals surface area (Å²) in [7, 11) is 0. The van der Waals surface area contributed by atoms with Crippen molar-refractivity contribution in [2.75, 3.05) is 19.6 Å². The number of nitrogens with one attached hydrogen (secondary N) is 2. The lowest BCUT2D eigenvalue weighted by Gasteiger charge is -2.22. The van der Waals surface area contributed by atoms with Crippen LogP contribution >= 0.6 is 49.6 Å². The summed E-state index contributed by atoms with van der Waals surface area (Å²) in [6, 6.07) is -2.72. The molecule has 10 nitrogen and oxygen atoms in total. The van der Waals surface area contributed by atoms with Crippen LogP contribution in [-0.4, -0.2) is 60.6 Å². The van der Waals surface area contributed by atoms with Crippen LogP contribution in [0.2, 0.25) is 0 Å². The Morgan fingerprint density at radius 3 is 1.48 bits per heavy atom. The molecule has 29 heavy (non-hydrogen) atoms. The highest BCUT2D eigenvalue weighted by Crippen LogP contribution is 2.03. The van der Waals surface area contributed by atoms with Gasteiger partial charge in [0.15, 0.2) is 0 Å². The number of hydrogen-bond donors (Lipinski definition) is 7. The van der Waals surface area contributed by atoms with E-state index in [9.17, 15) is 19.5 Å². The molecule has 0 radical (unpaired) electrons. The summed E-state index contributed by atoms with van der Waals surface area (Å²) in [6.45, 7) is 1.08. The molecule has 0 aliphatic heterocycles. The molecule has 0 unspecified atom stereocenters. The van der Waals surface area contributed by atoms with E-state index in [0.29, 0.717) is 51.7 Å². The normalized spacial score (nSPS) is 12.4. The summed E-state index contributed by atoms with van der Waals surface area (Å²) in [4.78, 5) is 35.7. The Morgan fingerprint density at radius 1 is 0.690 bits per heavy atom. The van der Waals surface area contributed by atoms with Crippen molar-refractivity contribution in [3.8, 4) is 0 Å². The van der Waals surface area contributed by atoms with E-state index in [-0.39, 0.29) is 56.0 Å². The Kier molecular flexibility index (Phi) is 31.8. The quantitative estimate of drug-likeness (QED) is 0.160. The molecular formula is C15H36Cl4N6O4. The molecule has 0 saturated carbocycles. The predicted octanol–water partition coefficient (Wildman–Crippen LogP) is -0.728. The molecule has 0 bridgehead atoms. The number of rotatable bonds is 14. The van der Waals surface area contributed by atoms with Crippen molar-refractivity contribution in [2.45, 2.75) is 56.7 Å². The van der Waals surface area contributed by atoms with Crippen molar-refractivity contribution in [3.05, 3.63) is 0 Å². The lowest BCUT2D eigenvalue weighted by molar-refractivity contribution is -0.142. The van der Waals surface area contributed by atoms with Gasteiger partial charge in [0.25, 0.3) is 0 Å². The topological polar surface area (TPSA) is 200 Å². The van der Waals surface area contributed by atoms with Gasteiger partial charge in [-0.15, -0.1) is 49.6 Å². The van der Waals surface area contributed by atoms with Crippen molar-refractivity contribution < 1.29 is 19.5 Å². The molecule has 0 spiro atoms. The summed E-state index contributed by atoms with van der Waals surface area (Å²) in [5, 5.41) is 14.2. The highest BCUT2D eigenvalue weighted by atomic mass is 35.5. The van der Waals surface area contributed by atoms with Gasteiger partial charge < -0.3 is 38.7 Å². The van der Waals surface area contributed by atoms with E-state index in [4.69, 9.17) is 22.9 Å². The van der Waals surface area contributed by atoms with Crippen molar-refractivity contribution in [3.63, 3.8) is 0 Å². The Labute approximate surface area is 196 Å². The lowest BCUT2D eigenvalue weighted by Crippen LogP contribution is -2.54. The Balaban J connectivity index is -0.000000480. The third-order valence-electron chi connectivity index (χ3n) is 3.70. The van der Waals surface area contributed by atoms with Crippen molar-refractivity contribution >= 4 is 67.4 Å². The molecule has 0 aromatic rings. The number of carboxylic acids is 1. The fraction of sp³-hybridized carbons (Fsp3) is 0.800. The molecule has 0 rings (SSSR count). The van der Waals surface area contributed by atoms with Crippen molar-refractivity contribution in [1.82, 2.24) is 10.6 Å². The molecule has 0 aliphatic rings. The fourth-order valence-electron chi connectivity index (χ4n) is 2.19. The maximum Gasteiger partial charge on any atom is 0.326 e. The van der Waals surface area contributed by atoms with E-state index < -0.39 is 35.9 Å². The molecule has 2 amide bonds. The standard InChI is InChI=1S/C15H32N6O4.4ClH/c16-7-1-4-10(19)13(22)20-11(5-2-8-17)14(23)21-12(15(24)25)6-3-9-18;;;;/h10-12H,1-9,16-19H2,(H,20,22)(H,21,23)(H,24,25);4*1H/t10-,11-,12-;;;;/m0..../s1. The van der Waals surface area contributed by atoms with Crippen LogP contribution in [0.5, 0.6) is 0 Å². The highest BCUT2D eigenvalue weighted by Gasteiger charge is 2.27. The smallest absolute Gasteiger partial charge is 0.326 e.